The Kier molecular flexibility index (Phi) is 1.66. The number of hydrogen-bond acceptors (Lipinski definition) is 2. The van der Waals surface area contributed by atoms with Crippen molar-refractivity contribution in [2.24, 2.45) is 0 Å². The monoisotopic (exact) mass is 193 g/mol. The molecule has 2 aliphatic heterocycles. The third kappa shape index (κ3) is 1.09. The molecule has 0 amide bonds. The second-order valence-electron chi connectivity index (χ2n) is 3.96. The topological polar surface area (TPSA) is 24.6 Å². The largest absolute Gasteiger partial charge is 0.360 e. The molecule has 0 radical (unpaired) electrons. The van der Waals surface area contributed by atoms with Gasteiger partial charge in [0, 0.05) is 6.54 Å². The number of piperidine rings is 1. The van der Waals surface area contributed by atoms with Crippen molar-refractivity contribution in [2.75, 3.05) is 13.1 Å². The fourth-order valence-corrected chi connectivity index (χ4v) is 2.28. The Balaban J connectivity index is 1.92. The molecule has 1 aromatic carbocycles. The number of hydrogen-bond donors (Lipinski definition) is 1. The molecule has 2 atom stereocenters. The van der Waals surface area contributed by atoms with E-state index in [-0.39, 0.29) is 11.4 Å². The van der Waals surface area contributed by atoms with E-state index in [2.05, 4.69) is 5.32 Å². The van der Waals surface area contributed by atoms with Crippen LogP contribution in [0.5, 0.6) is 0 Å². The third-order valence-corrected chi connectivity index (χ3v) is 3.15. The standard InChI is InChI=1S/C11H12FNO/c12-9-3-1-8(2-4-9)11-5-6-13-7-10(11)14-11/h1-4,10,13H,5-7H2. The summed E-state index contributed by atoms with van der Waals surface area (Å²) in [5.74, 6) is -0.184. The summed E-state index contributed by atoms with van der Waals surface area (Å²) < 4.78 is 18.4. The van der Waals surface area contributed by atoms with Gasteiger partial charge in [0.25, 0.3) is 0 Å². The third-order valence-electron chi connectivity index (χ3n) is 3.15. The van der Waals surface area contributed by atoms with Crippen LogP contribution in [0.3, 0.4) is 0 Å². The summed E-state index contributed by atoms with van der Waals surface area (Å²) in [7, 11) is 0. The van der Waals surface area contributed by atoms with Crippen LogP contribution in [0.4, 0.5) is 4.39 Å². The van der Waals surface area contributed by atoms with Gasteiger partial charge in [0.1, 0.15) is 17.5 Å². The first kappa shape index (κ1) is 8.38. The van der Waals surface area contributed by atoms with Crippen molar-refractivity contribution in [1.29, 1.82) is 0 Å². The molecule has 0 saturated carbocycles. The zero-order chi connectivity index (χ0) is 9.60. The van der Waals surface area contributed by atoms with Crippen LogP contribution in [0, 0.1) is 5.82 Å². The first-order chi connectivity index (χ1) is 6.81. The predicted molar refractivity (Wildman–Crippen MR) is 50.4 cm³/mol. The molecule has 2 aliphatic rings. The van der Waals surface area contributed by atoms with Crippen LogP contribution in [0.15, 0.2) is 24.3 Å². The molecule has 3 rings (SSSR count). The lowest BCUT2D eigenvalue weighted by Crippen LogP contribution is -2.33. The van der Waals surface area contributed by atoms with E-state index < -0.39 is 0 Å². The smallest absolute Gasteiger partial charge is 0.123 e. The molecule has 2 fully saturated rings. The molecule has 0 spiro atoms. The van der Waals surface area contributed by atoms with E-state index >= 15 is 0 Å². The van der Waals surface area contributed by atoms with Crippen molar-refractivity contribution < 1.29 is 9.13 Å². The Morgan fingerprint density at radius 3 is 2.86 bits per heavy atom. The van der Waals surface area contributed by atoms with Crippen LogP contribution in [-0.2, 0) is 10.3 Å². The van der Waals surface area contributed by atoms with Gasteiger partial charge in [0.05, 0.1) is 0 Å². The lowest BCUT2D eigenvalue weighted by Gasteiger charge is -2.18. The van der Waals surface area contributed by atoms with Gasteiger partial charge in [-0.2, -0.15) is 0 Å². The molecule has 0 aliphatic carbocycles. The maximum absolute atomic E-state index is 12.7. The summed E-state index contributed by atoms with van der Waals surface area (Å²) in [6.45, 7) is 1.89. The summed E-state index contributed by atoms with van der Waals surface area (Å²) in [6.07, 6.45) is 1.28. The van der Waals surface area contributed by atoms with E-state index in [1.54, 1.807) is 0 Å². The Morgan fingerprint density at radius 1 is 1.36 bits per heavy atom. The highest BCUT2D eigenvalue weighted by Gasteiger charge is 2.58. The molecule has 2 heterocycles. The SMILES string of the molecule is Fc1ccc(C23CCNCC2O3)cc1. The van der Waals surface area contributed by atoms with Crippen molar-refractivity contribution in [1.82, 2.24) is 5.32 Å². The van der Waals surface area contributed by atoms with E-state index in [0.717, 1.165) is 25.1 Å². The minimum Gasteiger partial charge on any atom is -0.360 e. The summed E-state index contributed by atoms with van der Waals surface area (Å²) in [6, 6.07) is 6.68. The number of fused-ring (bicyclic) bond motifs is 1. The number of nitrogens with one attached hydrogen (secondary N) is 1. The maximum atomic E-state index is 12.7. The number of benzene rings is 1. The van der Waals surface area contributed by atoms with Gasteiger partial charge < -0.3 is 10.1 Å². The number of ether oxygens (including phenoxy) is 1. The maximum Gasteiger partial charge on any atom is 0.123 e. The first-order valence-electron chi connectivity index (χ1n) is 4.96. The van der Waals surface area contributed by atoms with Gasteiger partial charge in [0.2, 0.25) is 0 Å². The highest BCUT2D eigenvalue weighted by Crippen LogP contribution is 2.50. The van der Waals surface area contributed by atoms with E-state index in [9.17, 15) is 4.39 Å². The molecular formula is C11H12FNO. The van der Waals surface area contributed by atoms with Gasteiger partial charge in [-0.1, -0.05) is 12.1 Å². The van der Waals surface area contributed by atoms with E-state index in [1.807, 2.05) is 12.1 Å². The molecule has 14 heavy (non-hydrogen) atoms. The highest BCUT2D eigenvalue weighted by molar-refractivity contribution is 5.31. The number of rotatable bonds is 1. The normalized spacial score (nSPS) is 35.1. The van der Waals surface area contributed by atoms with Crippen molar-refractivity contribution in [3.8, 4) is 0 Å². The van der Waals surface area contributed by atoms with E-state index in [4.69, 9.17) is 4.74 Å². The fourth-order valence-electron chi connectivity index (χ4n) is 2.28. The summed E-state index contributed by atoms with van der Waals surface area (Å²) >= 11 is 0. The first-order valence-corrected chi connectivity index (χ1v) is 4.96. The molecular weight excluding hydrogens is 181 g/mol. The predicted octanol–water partition coefficient (Wildman–Crippen LogP) is 1.41. The quantitative estimate of drug-likeness (QED) is 0.682. The second-order valence-corrected chi connectivity index (χ2v) is 3.96. The summed E-state index contributed by atoms with van der Waals surface area (Å²) in [4.78, 5) is 0. The van der Waals surface area contributed by atoms with Crippen LogP contribution in [0.25, 0.3) is 0 Å². The molecule has 2 saturated heterocycles. The van der Waals surface area contributed by atoms with Gasteiger partial charge in [0.15, 0.2) is 0 Å². The van der Waals surface area contributed by atoms with Crippen LogP contribution in [0.2, 0.25) is 0 Å². The fraction of sp³-hybridized carbons (Fsp3) is 0.455. The highest BCUT2D eigenvalue weighted by atomic mass is 19.1. The molecule has 2 nitrogen and oxygen atoms in total. The molecule has 74 valence electrons. The van der Waals surface area contributed by atoms with Crippen LogP contribution in [-0.4, -0.2) is 19.2 Å². The zero-order valence-electron chi connectivity index (χ0n) is 7.79. The summed E-state index contributed by atoms with van der Waals surface area (Å²) in [5, 5.41) is 3.28. The second kappa shape index (κ2) is 2.78. The van der Waals surface area contributed by atoms with E-state index in [1.165, 1.54) is 12.1 Å². The molecule has 1 N–H and O–H groups in total. The van der Waals surface area contributed by atoms with Crippen LogP contribution >= 0.6 is 0 Å². The van der Waals surface area contributed by atoms with Gasteiger partial charge in [-0.25, -0.2) is 4.39 Å². The average molecular weight is 193 g/mol. The van der Waals surface area contributed by atoms with Crippen molar-refractivity contribution in [3.63, 3.8) is 0 Å². The van der Waals surface area contributed by atoms with Crippen molar-refractivity contribution in [3.05, 3.63) is 35.6 Å². The summed E-state index contributed by atoms with van der Waals surface area (Å²) in [5.41, 5.74) is 1.02. The van der Waals surface area contributed by atoms with Crippen molar-refractivity contribution >= 4 is 0 Å². The molecule has 0 aromatic heterocycles. The van der Waals surface area contributed by atoms with Gasteiger partial charge in [-0.05, 0) is 30.7 Å². The Bertz CT molecular complexity index is 351. The molecule has 3 heteroatoms. The van der Waals surface area contributed by atoms with Crippen LogP contribution in [0.1, 0.15) is 12.0 Å². The molecule has 1 aromatic rings. The average Bonchev–Trinajstić information content (AvgIpc) is 2.94. The lowest BCUT2D eigenvalue weighted by molar-refractivity contribution is 0.294. The minimum absolute atomic E-state index is 0.0983. The zero-order valence-corrected chi connectivity index (χ0v) is 7.79. The number of halogens is 1. The van der Waals surface area contributed by atoms with Crippen LogP contribution < -0.4 is 5.32 Å². The van der Waals surface area contributed by atoms with Gasteiger partial charge in [-0.15, -0.1) is 0 Å². The Labute approximate surface area is 82.1 Å². The van der Waals surface area contributed by atoms with Gasteiger partial charge in [-0.3, -0.25) is 0 Å². The Morgan fingerprint density at radius 2 is 2.14 bits per heavy atom. The minimum atomic E-state index is -0.184. The molecule has 0 bridgehead atoms. The van der Waals surface area contributed by atoms with Crippen molar-refractivity contribution in [2.45, 2.75) is 18.1 Å². The van der Waals surface area contributed by atoms with Gasteiger partial charge >= 0.3 is 0 Å². The van der Waals surface area contributed by atoms with E-state index in [0.29, 0.717) is 6.10 Å². The Hall–Kier alpha value is -0.930. The molecule has 2 unspecified atom stereocenters. The lowest BCUT2D eigenvalue weighted by atomic mass is 9.90. The number of epoxide rings is 1.